The molecule has 0 spiro atoms. The van der Waals surface area contributed by atoms with Crippen LogP contribution in [0.25, 0.3) is 0 Å². The molecule has 0 aromatic carbocycles. The summed E-state index contributed by atoms with van der Waals surface area (Å²) in [5.74, 6) is 1.62. The van der Waals surface area contributed by atoms with Crippen LogP contribution in [-0.2, 0) is 0 Å². The molecule has 1 unspecified atom stereocenters. The molecule has 2 rings (SSSR count). The van der Waals surface area contributed by atoms with Crippen molar-refractivity contribution in [3.05, 3.63) is 23.3 Å². The van der Waals surface area contributed by atoms with Crippen LogP contribution in [0.4, 0.5) is 0 Å². The van der Waals surface area contributed by atoms with Gasteiger partial charge in [0.1, 0.15) is 5.82 Å². The van der Waals surface area contributed by atoms with Crippen molar-refractivity contribution < 1.29 is 4.79 Å². The number of rotatable bonds is 4. The van der Waals surface area contributed by atoms with E-state index in [9.17, 15) is 4.79 Å². The summed E-state index contributed by atoms with van der Waals surface area (Å²) >= 11 is 0. The molecule has 1 aromatic rings. The highest BCUT2D eigenvalue weighted by molar-refractivity contribution is 5.95. The molecule has 116 valence electrons. The number of amides is 1. The lowest BCUT2D eigenvalue weighted by Gasteiger charge is -2.22. The summed E-state index contributed by atoms with van der Waals surface area (Å²) in [4.78, 5) is 21.3. The molecule has 1 atom stereocenters. The summed E-state index contributed by atoms with van der Waals surface area (Å²) in [7, 11) is 0. The van der Waals surface area contributed by atoms with Gasteiger partial charge in [-0.05, 0) is 45.7 Å². The van der Waals surface area contributed by atoms with Crippen LogP contribution >= 0.6 is 0 Å². The monoisotopic (exact) mass is 290 g/mol. The van der Waals surface area contributed by atoms with Gasteiger partial charge in [0, 0.05) is 18.2 Å². The van der Waals surface area contributed by atoms with Gasteiger partial charge >= 0.3 is 0 Å². The topological polar surface area (TPSA) is 66.9 Å². The first-order valence-corrected chi connectivity index (χ1v) is 7.84. The van der Waals surface area contributed by atoms with Crippen LogP contribution in [0.3, 0.4) is 0 Å². The first kappa shape index (κ1) is 15.9. The van der Waals surface area contributed by atoms with Crippen molar-refractivity contribution in [2.45, 2.75) is 52.5 Å². The molecular weight excluding hydrogens is 264 g/mol. The van der Waals surface area contributed by atoms with Crippen molar-refractivity contribution in [3.8, 4) is 0 Å². The van der Waals surface area contributed by atoms with Gasteiger partial charge in [-0.2, -0.15) is 0 Å². The highest BCUT2D eigenvalue weighted by Gasteiger charge is 2.20. The zero-order valence-electron chi connectivity index (χ0n) is 13.4. The lowest BCUT2D eigenvalue weighted by molar-refractivity contribution is 0.0929. The zero-order valence-corrected chi connectivity index (χ0v) is 13.4. The fourth-order valence-electron chi connectivity index (χ4n) is 2.44. The van der Waals surface area contributed by atoms with E-state index in [1.54, 1.807) is 6.20 Å². The van der Waals surface area contributed by atoms with Crippen LogP contribution < -0.4 is 10.6 Å². The first-order valence-electron chi connectivity index (χ1n) is 7.84. The first-order chi connectivity index (χ1) is 9.99. The molecule has 0 saturated carbocycles. The highest BCUT2D eigenvalue weighted by Crippen LogP contribution is 2.22. The Morgan fingerprint density at radius 1 is 1.33 bits per heavy atom. The standard InChI is InChI=1S/C16H26N4O/c1-10(2)11(3)20-16(21)14-9-18-15(19-12(14)4)13-5-7-17-8-6-13/h9-11,13,17H,5-8H2,1-4H3,(H,20,21). The SMILES string of the molecule is Cc1nc(C2CCNCC2)ncc1C(=O)NC(C)C(C)C. The third-order valence-corrected chi connectivity index (χ3v) is 4.31. The Balaban J connectivity index is 2.09. The molecular formula is C16H26N4O. The second kappa shape index (κ2) is 6.98. The molecule has 1 fully saturated rings. The maximum absolute atomic E-state index is 12.3. The van der Waals surface area contributed by atoms with E-state index in [0.29, 0.717) is 17.4 Å². The van der Waals surface area contributed by atoms with Crippen molar-refractivity contribution in [1.29, 1.82) is 0 Å². The third-order valence-electron chi connectivity index (χ3n) is 4.31. The minimum absolute atomic E-state index is 0.0782. The molecule has 1 aliphatic rings. The lowest BCUT2D eigenvalue weighted by atomic mass is 9.97. The number of carbonyl (C=O) groups excluding carboxylic acids is 1. The number of nitrogens with one attached hydrogen (secondary N) is 2. The molecule has 21 heavy (non-hydrogen) atoms. The van der Waals surface area contributed by atoms with Crippen molar-refractivity contribution in [2.75, 3.05) is 13.1 Å². The van der Waals surface area contributed by atoms with Crippen LogP contribution in [0.5, 0.6) is 0 Å². The van der Waals surface area contributed by atoms with Crippen molar-refractivity contribution in [1.82, 2.24) is 20.6 Å². The van der Waals surface area contributed by atoms with E-state index >= 15 is 0 Å². The summed E-state index contributed by atoms with van der Waals surface area (Å²) in [6.45, 7) is 10.1. The Morgan fingerprint density at radius 3 is 2.57 bits per heavy atom. The Kier molecular flexibility index (Phi) is 5.28. The Hall–Kier alpha value is -1.49. The number of nitrogens with zero attached hydrogens (tertiary/aromatic N) is 2. The fraction of sp³-hybridized carbons (Fsp3) is 0.688. The predicted octanol–water partition coefficient (Wildman–Crippen LogP) is 2.03. The molecule has 0 bridgehead atoms. The van der Waals surface area contributed by atoms with Crippen LogP contribution in [0.1, 0.15) is 61.4 Å². The molecule has 1 amide bonds. The van der Waals surface area contributed by atoms with Gasteiger partial charge in [-0.25, -0.2) is 9.97 Å². The minimum Gasteiger partial charge on any atom is -0.349 e. The van der Waals surface area contributed by atoms with Crippen molar-refractivity contribution in [3.63, 3.8) is 0 Å². The van der Waals surface area contributed by atoms with E-state index in [-0.39, 0.29) is 11.9 Å². The van der Waals surface area contributed by atoms with Gasteiger partial charge in [-0.1, -0.05) is 13.8 Å². The van der Waals surface area contributed by atoms with E-state index in [0.717, 1.165) is 37.4 Å². The van der Waals surface area contributed by atoms with Gasteiger partial charge in [0.15, 0.2) is 0 Å². The Labute approximate surface area is 127 Å². The van der Waals surface area contributed by atoms with Crippen LogP contribution in [0.2, 0.25) is 0 Å². The van der Waals surface area contributed by atoms with Crippen molar-refractivity contribution >= 4 is 5.91 Å². The molecule has 5 nitrogen and oxygen atoms in total. The van der Waals surface area contributed by atoms with Gasteiger partial charge in [0.05, 0.1) is 11.3 Å². The summed E-state index contributed by atoms with van der Waals surface area (Å²) in [6.07, 6.45) is 3.81. The maximum atomic E-state index is 12.3. The number of piperidine rings is 1. The lowest BCUT2D eigenvalue weighted by Crippen LogP contribution is -2.36. The molecule has 1 aromatic heterocycles. The zero-order chi connectivity index (χ0) is 15.4. The normalized spacial score (nSPS) is 17.8. The summed E-state index contributed by atoms with van der Waals surface area (Å²) in [5.41, 5.74) is 1.35. The highest BCUT2D eigenvalue weighted by atomic mass is 16.1. The van der Waals surface area contributed by atoms with E-state index in [1.165, 1.54) is 0 Å². The average molecular weight is 290 g/mol. The molecule has 2 N–H and O–H groups in total. The number of carbonyl (C=O) groups is 1. The minimum atomic E-state index is -0.0782. The van der Waals surface area contributed by atoms with Gasteiger partial charge < -0.3 is 10.6 Å². The number of aryl methyl sites for hydroxylation is 1. The molecule has 1 aliphatic heterocycles. The number of hydrogen-bond donors (Lipinski definition) is 2. The number of hydrogen-bond acceptors (Lipinski definition) is 4. The summed E-state index contributed by atoms with van der Waals surface area (Å²) in [6, 6.07) is 0.140. The van der Waals surface area contributed by atoms with E-state index in [1.807, 2.05) is 13.8 Å². The van der Waals surface area contributed by atoms with E-state index < -0.39 is 0 Å². The fourth-order valence-corrected chi connectivity index (χ4v) is 2.44. The van der Waals surface area contributed by atoms with E-state index in [2.05, 4.69) is 34.4 Å². The van der Waals surface area contributed by atoms with Crippen LogP contribution in [-0.4, -0.2) is 35.0 Å². The van der Waals surface area contributed by atoms with Gasteiger partial charge in [-0.15, -0.1) is 0 Å². The molecule has 5 heteroatoms. The van der Waals surface area contributed by atoms with Gasteiger partial charge in [0.2, 0.25) is 0 Å². The van der Waals surface area contributed by atoms with Crippen LogP contribution in [0, 0.1) is 12.8 Å². The second-order valence-electron chi connectivity index (χ2n) is 6.26. The average Bonchev–Trinajstić information content (AvgIpc) is 2.47. The molecule has 1 saturated heterocycles. The summed E-state index contributed by atoms with van der Waals surface area (Å²) in [5, 5.41) is 6.35. The summed E-state index contributed by atoms with van der Waals surface area (Å²) < 4.78 is 0. The maximum Gasteiger partial charge on any atom is 0.254 e. The second-order valence-corrected chi connectivity index (χ2v) is 6.26. The van der Waals surface area contributed by atoms with E-state index in [4.69, 9.17) is 0 Å². The quantitative estimate of drug-likeness (QED) is 0.890. The van der Waals surface area contributed by atoms with Gasteiger partial charge in [-0.3, -0.25) is 4.79 Å². The third kappa shape index (κ3) is 4.00. The number of aromatic nitrogens is 2. The molecule has 0 aliphatic carbocycles. The van der Waals surface area contributed by atoms with Crippen molar-refractivity contribution in [2.24, 2.45) is 5.92 Å². The smallest absolute Gasteiger partial charge is 0.254 e. The largest absolute Gasteiger partial charge is 0.349 e. The van der Waals surface area contributed by atoms with Gasteiger partial charge in [0.25, 0.3) is 5.91 Å². The molecule has 2 heterocycles. The Bertz CT molecular complexity index is 495. The van der Waals surface area contributed by atoms with Crippen LogP contribution in [0.15, 0.2) is 6.20 Å². The molecule has 0 radical (unpaired) electrons. The predicted molar refractivity (Wildman–Crippen MR) is 83.4 cm³/mol. The Morgan fingerprint density at radius 2 is 2.00 bits per heavy atom.